The first-order valence-electron chi connectivity index (χ1n) is 8.23. The topological polar surface area (TPSA) is 75.8 Å². The number of likely N-dealkylation sites (tertiary alicyclic amines) is 1. The number of hydrogen-bond acceptors (Lipinski definition) is 4. The summed E-state index contributed by atoms with van der Waals surface area (Å²) >= 11 is 0. The minimum Gasteiger partial charge on any atom is -0.485 e. The maximum atomic E-state index is 11.8. The predicted octanol–water partition coefficient (Wildman–Crippen LogP) is 0.591. The van der Waals surface area contributed by atoms with E-state index < -0.39 is 12.0 Å². The van der Waals surface area contributed by atoms with E-state index in [0.717, 1.165) is 24.9 Å². The van der Waals surface area contributed by atoms with Crippen LogP contribution in [0.2, 0.25) is 0 Å². The lowest BCUT2D eigenvalue weighted by atomic mass is 9.53. The molecule has 2 bridgehead atoms. The van der Waals surface area contributed by atoms with Crippen LogP contribution >= 0.6 is 0 Å². The summed E-state index contributed by atoms with van der Waals surface area (Å²) in [6.45, 7) is 0.973. The van der Waals surface area contributed by atoms with Gasteiger partial charge in [0, 0.05) is 22.9 Å². The van der Waals surface area contributed by atoms with Crippen molar-refractivity contribution >= 4 is 5.91 Å². The lowest BCUT2D eigenvalue weighted by molar-refractivity contribution is -0.0451. The van der Waals surface area contributed by atoms with E-state index in [4.69, 9.17) is 10.5 Å². The highest BCUT2D eigenvalue weighted by Crippen LogP contribution is 2.61. The molecular formula is C18H20N2O3. The molecule has 2 aliphatic heterocycles. The Labute approximate surface area is 134 Å². The van der Waals surface area contributed by atoms with Crippen LogP contribution in [0.3, 0.4) is 0 Å². The first kappa shape index (κ1) is 13.6. The second kappa shape index (κ2) is 4.16. The minimum absolute atomic E-state index is 0.222. The van der Waals surface area contributed by atoms with E-state index in [2.05, 4.69) is 18.0 Å². The first-order valence-corrected chi connectivity index (χ1v) is 8.23. The summed E-state index contributed by atoms with van der Waals surface area (Å²) < 4.78 is 6.20. The Morgan fingerprint density at radius 3 is 3.04 bits per heavy atom. The van der Waals surface area contributed by atoms with Gasteiger partial charge < -0.3 is 20.5 Å². The van der Waals surface area contributed by atoms with Crippen molar-refractivity contribution in [2.45, 2.75) is 36.5 Å². The van der Waals surface area contributed by atoms with Crippen LogP contribution in [0.1, 0.15) is 27.9 Å². The smallest absolute Gasteiger partial charge is 0.252 e. The van der Waals surface area contributed by atoms with E-state index >= 15 is 0 Å². The van der Waals surface area contributed by atoms with Crippen LogP contribution in [0.25, 0.3) is 0 Å². The molecule has 1 saturated heterocycles. The highest BCUT2D eigenvalue weighted by molar-refractivity contribution is 5.97. The molecule has 2 aliphatic carbocycles. The fourth-order valence-corrected chi connectivity index (χ4v) is 5.45. The number of nitrogens with zero attached hydrogens (tertiary/aromatic N) is 1. The average molecular weight is 312 g/mol. The molecule has 1 aromatic rings. The van der Waals surface area contributed by atoms with Gasteiger partial charge in [-0.25, -0.2) is 0 Å². The zero-order chi connectivity index (χ0) is 15.9. The molecule has 5 heteroatoms. The van der Waals surface area contributed by atoms with Gasteiger partial charge in [-0.3, -0.25) is 4.79 Å². The molecular weight excluding hydrogens is 292 g/mol. The standard InChI is InChI=1S/C18H20N2O3/c1-20-7-6-18-11-4-5-13(21)16(18)23-15-10(17(19)22)3-2-9(14(15)18)8-12(11)20/h2-5,11-13,16,21H,6-8H2,1H3,(H2,19,22)/t11-,12+,13-,16-,18-/m0/s1. The molecule has 5 nitrogen and oxygen atoms in total. The lowest BCUT2D eigenvalue weighted by Gasteiger charge is -2.56. The number of aliphatic hydroxyl groups is 1. The van der Waals surface area contributed by atoms with E-state index in [1.807, 2.05) is 12.1 Å². The van der Waals surface area contributed by atoms with Crippen molar-refractivity contribution in [3.05, 3.63) is 41.0 Å². The highest BCUT2D eigenvalue weighted by Gasteiger charge is 2.64. The van der Waals surface area contributed by atoms with Gasteiger partial charge in [0.25, 0.3) is 5.91 Å². The van der Waals surface area contributed by atoms with E-state index in [1.54, 1.807) is 6.07 Å². The van der Waals surface area contributed by atoms with Gasteiger partial charge in [-0.05, 0) is 38.1 Å². The van der Waals surface area contributed by atoms with Gasteiger partial charge in [-0.2, -0.15) is 0 Å². The zero-order valence-corrected chi connectivity index (χ0v) is 13.0. The van der Waals surface area contributed by atoms with Crippen LogP contribution in [-0.4, -0.2) is 47.8 Å². The lowest BCUT2D eigenvalue weighted by Crippen LogP contribution is -2.64. The molecule has 0 radical (unpaired) electrons. The summed E-state index contributed by atoms with van der Waals surface area (Å²) in [5.74, 6) is 0.467. The Morgan fingerprint density at radius 2 is 2.26 bits per heavy atom. The molecule has 1 aromatic carbocycles. The molecule has 0 aromatic heterocycles. The van der Waals surface area contributed by atoms with Crippen molar-refractivity contribution < 1.29 is 14.6 Å². The number of amides is 1. The average Bonchev–Trinajstić information content (AvgIpc) is 2.87. The van der Waals surface area contributed by atoms with Gasteiger partial charge in [0.2, 0.25) is 0 Å². The van der Waals surface area contributed by atoms with Gasteiger partial charge in [0.05, 0.1) is 5.56 Å². The Balaban J connectivity index is 1.83. The molecule has 0 saturated carbocycles. The number of aliphatic hydroxyl groups excluding tert-OH is 1. The maximum Gasteiger partial charge on any atom is 0.252 e. The summed E-state index contributed by atoms with van der Waals surface area (Å²) in [5, 5.41) is 10.5. The van der Waals surface area contributed by atoms with Crippen LogP contribution in [0, 0.1) is 5.92 Å². The Morgan fingerprint density at radius 1 is 1.43 bits per heavy atom. The van der Waals surface area contributed by atoms with Crippen LogP contribution in [-0.2, 0) is 11.8 Å². The van der Waals surface area contributed by atoms with Gasteiger partial charge in [-0.15, -0.1) is 0 Å². The van der Waals surface area contributed by atoms with Crippen molar-refractivity contribution in [1.82, 2.24) is 4.90 Å². The van der Waals surface area contributed by atoms with Crippen molar-refractivity contribution in [1.29, 1.82) is 0 Å². The van der Waals surface area contributed by atoms with Crippen LogP contribution in [0.15, 0.2) is 24.3 Å². The molecule has 3 N–H and O–H groups in total. The number of piperidine rings is 1. The number of hydrogen-bond donors (Lipinski definition) is 2. The monoisotopic (exact) mass is 312 g/mol. The minimum atomic E-state index is -0.644. The van der Waals surface area contributed by atoms with Crippen LogP contribution in [0.4, 0.5) is 0 Å². The summed E-state index contributed by atoms with van der Waals surface area (Å²) in [6.07, 6.45) is 4.94. The maximum absolute atomic E-state index is 11.8. The second-order valence-corrected chi connectivity index (χ2v) is 7.32. The quantitative estimate of drug-likeness (QED) is 0.744. The normalized spacial score (nSPS) is 39.7. The Bertz CT molecular complexity index is 759. The fourth-order valence-electron chi connectivity index (χ4n) is 5.45. The summed E-state index contributed by atoms with van der Waals surface area (Å²) in [5.41, 5.74) is 8.15. The van der Waals surface area contributed by atoms with Gasteiger partial charge >= 0.3 is 0 Å². The molecule has 5 rings (SSSR count). The first-order chi connectivity index (χ1) is 11.0. The molecule has 0 unspecified atom stereocenters. The number of rotatable bonds is 1. The summed E-state index contributed by atoms with van der Waals surface area (Å²) in [6, 6.07) is 4.22. The fraction of sp³-hybridized carbons (Fsp3) is 0.500. The zero-order valence-electron chi connectivity index (χ0n) is 13.0. The van der Waals surface area contributed by atoms with E-state index in [0.29, 0.717) is 23.3 Å². The predicted molar refractivity (Wildman–Crippen MR) is 84.4 cm³/mol. The van der Waals surface area contributed by atoms with Crippen LogP contribution in [0.5, 0.6) is 5.75 Å². The van der Waals surface area contributed by atoms with Gasteiger partial charge in [0.15, 0.2) is 0 Å². The number of ether oxygens (including phenoxy) is 1. The molecule has 1 spiro atoms. The van der Waals surface area contributed by atoms with Gasteiger partial charge in [-0.1, -0.05) is 18.2 Å². The molecule has 23 heavy (non-hydrogen) atoms. The number of nitrogens with two attached hydrogens (primary N) is 1. The van der Waals surface area contributed by atoms with Crippen molar-refractivity contribution in [2.24, 2.45) is 11.7 Å². The summed E-state index contributed by atoms with van der Waals surface area (Å²) in [4.78, 5) is 14.3. The number of primary amides is 1. The third kappa shape index (κ3) is 1.43. The molecule has 1 amide bonds. The Hall–Kier alpha value is -1.85. The van der Waals surface area contributed by atoms with Crippen molar-refractivity contribution in [2.75, 3.05) is 13.6 Å². The Kier molecular flexibility index (Phi) is 2.46. The van der Waals surface area contributed by atoms with E-state index in [1.165, 1.54) is 5.56 Å². The van der Waals surface area contributed by atoms with Crippen LogP contribution < -0.4 is 10.5 Å². The molecule has 1 fully saturated rings. The largest absolute Gasteiger partial charge is 0.485 e. The molecule has 4 aliphatic rings. The number of carbonyl (C=O) groups excluding carboxylic acids is 1. The SMILES string of the molecule is CN1CC[C@]23c4c5ccc(C(N)=O)c4O[C@H]2[C@@H](O)C=C[C@H]3[C@H]1C5. The number of likely N-dealkylation sites (N-methyl/N-ethyl adjacent to an activating group) is 1. The van der Waals surface area contributed by atoms with E-state index in [-0.39, 0.29) is 11.5 Å². The van der Waals surface area contributed by atoms with Crippen molar-refractivity contribution in [3.63, 3.8) is 0 Å². The van der Waals surface area contributed by atoms with Gasteiger partial charge in [0.1, 0.15) is 18.0 Å². The van der Waals surface area contributed by atoms with Crippen molar-refractivity contribution in [3.8, 4) is 5.75 Å². The third-order valence-corrected chi connectivity index (χ3v) is 6.44. The summed E-state index contributed by atoms with van der Waals surface area (Å²) in [7, 11) is 2.17. The molecule has 5 atom stereocenters. The molecule has 120 valence electrons. The van der Waals surface area contributed by atoms with E-state index in [9.17, 15) is 9.90 Å². The third-order valence-electron chi connectivity index (χ3n) is 6.44. The molecule has 2 heterocycles. The second-order valence-electron chi connectivity index (χ2n) is 7.32. The highest BCUT2D eigenvalue weighted by atomic mass is 16.5. The number of benzene rings is 1. The number of carbonyl (C=O) groups is 1.